The highest BCUT2D eigenvalue weighted by Gasteiger charge is 2.31. The van der Waals surface area contributed by atoms with Gasteiger partial charge in [0, 0.05) is 17.2 Å². The van der Waals surface area contributed by atoms with Crippen LogP contribution in [0.4, 0.5) is 18.9 Å². The Labute approximate surface area is 178 Å². The van der Waals surface area contributed by atoms with Gasteiger partial charge in [-0.25, -0.2) is 4.68 Å². The van der Waals surface area contributed by atoms with E-state index in [9.17, 15) is 18.0 Å². The third-order valence-corrected chi connectivity index (χ3v) is 4.28. The maximum atomic E-state index is 13.2. The maximum Gasteiger partial charge on any atom is 0.416 e. The van der Waals surface area contributed by atoms with Crippen molar-refractivity contribution in [1.82, 2.24) is 14.8 Å². The van der Waals surface area contributed by atoms with Crippen molar-refractivity contribution in [3.8, 4) is 23.1 Å². The molecule has 0 fully saturated rings. The lowest BCUT2D eigenvalue weighted by molar-refractivity contribution is -0.137. The van der Waals surface area contributed by atoms with Crippen LogP contribution in [0.5, 0.6) is 6.01 Å². The van der Waals surface area contributed by atoms with Crippen LogP contribution in [0.3, 0.4) is 0 Å². The van der Waals surface area contributed by atoms with Crippen LogP contribution in [-0.2, 0) is 11.0 Å². The summed E-state index contributed by atoms with van der Waals surface area (Å²) in [5, 5.41) is 7.11. The van der Waals surface area contributed by atoms with Crippen LogP contribution in [0, 0.1) is 5.92 Å². The fourth-order valence-electron chi connectivity index (χ4n) is 2.73. The molecule has 6 nitrogen and oxygen atoms in total. The molecule has 31 heavy (non-hydrogen) atoms. The Morgan fingerprint density at radius 2 is 1.74 bits per heavy atom. The number of amides is 1. The smallest absolute Gasteiger partial charge is 0.416 e. The van der Waals surface area contributed by atoms with Crippen LogP contribution in [0.15, 0.2) is 48.5 Å². The molecule has 0 atom stereocenters. The van der Waals surface area contributed by atoms with Crippen LogP contribution < -0.4 is 10.1 Å². The lowest BCUT2D eigenvalue weighted by atomic mass is 10.1. The zero-order chi connectivity index (χ0) is 22.8. The molecule has 1 amide bonds. The van der Waals surface area contributed by atoms with Crippen molar-refractivity contribution in [2.45, 2.75) is 40.0 Å². The van der Waals surface area contributed by atoms with Gasteiger partial charge in [0.15, 0.2) is 5.82 Å². The molecule has 0 aliphatic heterocycles. The van der Waals surface area contributed by atoms with Gasteiger partial charge in [0.2, 0.25) is 5.91 Å². The average molecular weight is 432 g/mol. The molecular formula is C22H23F3N4O2. The van der Waals surface area contributed by atoms with E-state index in [0.29, 0.717) is 11.4 Å². The summed E-state index contributed by atoms with van der Waals surface area (Å²) in [6.45, 7) is 7.18. The Morgan fingerprint density at radius 1 is 1.06 bits per heavy atom. The van der Waals surface area contributed by atoms with E-state index in [-0.39, 0.29) is 35.3 Å². The number of nitrogens with zero attached hydrogens (tertiary/aromatic N) is 3. The van der Waals surface area contributed by atoms with Gasteiger partial charge in [0.25, 0.3) is 0 Å². The maximum absolute atomic E-state index is 13.2. The minimum absolute atomic E-state index is 0.0552. The number of halogens is 3. The van der Waals surface area contributed by atoms with E-state index < -0.39 is 11.7 Å². The third kappa shape index (κ3) is 5.42. The van der Waals surface area contributed by atoms with Gasteiger partial charge in [-0.15, -0.1) is 5.10 Å². The predicted octanol–water partition coefficient (Wildman–Crippen LogP) is 5.33. The second kappa shape index (κ2) is 8.79. The molecule has 0 unspecified atom stereocenters. The molecule has 0 spiro atoms. The molecule has 0 aliphatic carbocycles. The molecule has 0 aliphatic rings. The summed E-state index contributed by atoms with van der Waals surface area (Å²) < 4.78 is 46.5. The Balaban J connectivity index is 2.02. The molecule has 0 saturated heterocycles. The number of aromatic nitrogens is 3. The summed E-state index contributed by atoms with van der Waals surface area (Å²) in [6.07, 6.45) is -4.69. The molecule has 0 radical (unpaired) electrons. The lowest BCUT2D eigenvalue weighted by Gasteiger charge is -2.11. The van der Waals surface area contributed by atoms with Gasteiger partial charge < -0.3 is 10.1 Å². The van der Waals surface area contributed by atoms with Crippen LogP contribution >= 0.6 is 0 Å². The first-order valence-corrected chi connectivity index (χ1v) is 9.77. The number of anilines is 1. The second-order valence-electron chi connectivity index (χ2n) is 7.57. The SMILES string of the molecule is CC(C)Oc1nc(-c2cccc(C(F)(F)F)c2)n(-c2ccc(NC(=O)C(C)C)cc2)n1. The summed E-state index contributed by atoms with van der Waals surface area (Å²) in [5.41, 5.74) is 0.624. The Morgan fingerprint density at radius 3 is 2.32 bits per heavy atom. The highest BCUT2D eigenvalue weighted by molar-refractivity contribution is 5.92. The minimum atomic E-state index is -4.48. The van der Waals surface area contributed by atoms with Crippen LogP contribution in [-0.4, -0.2) is 26.8 Å². The minimum Gasteiger partial charge on any atom is -0.460 e. The fourth-order valence-corrected chi connectivity index (χ4v) is 2.73. The number of rotatable bonds is 6. The molecular weight excluding hydrogens is 409 g/mol. The van der Waals surface area contributed by atoms with Crippen molar-refractivity contribution >= 4 is 11.6 Å². The summed E-state index contributed by atoms with van der Waals surface area (Å²) in [4.78, 5) is 16.2. The molecule has 9 heteroatoms. The van der Waals surface area contributed by atoms with Gasteiger partial charge in [0.05, 0.1) is 17.4 Å². The van der Waals surface area contributed by atoms with E-state index in [1.54, 1.807) is 52.0 Å². The highest BCUT2D eigenvalue weighted by atomic mass is 19.4. The molecule has 0 saturated carbocycles. The Hall–Kier alpha value is -3.36. The van der Waals surface area contributed by atoms with Crippen LogP contribution in [0.2, 0.25) is 0 Å². The summed E-state index contributed by atoms with van der Waals surface area (Å²) in [7, 11) is 0. The van der Waals surface area contributed by atoms with E-state index in [2.05, 4.69) is 15.4 Å². The normalized spacial score (nSPS) is 11.8. The van der Waals surface area contributed by atoms with Gasteiger partial charge in [0.1, 0.15) is 0 Å². The topological polar surface area (TPSA) is 69.0 Å². The highest BCUT2D eigenvalue weighted by Crippen LogP contribution is 2.33. The Bertz CT molecular complexity index is 1060. The van der Waals surface area contributed by atoms with Crippen LogP contribution in [0.1, 0.15) is 33.3 Å². The third-order valence-electron chi connectivity index (χ3n) is 4.28. The second-order valence-corrected chi connectivity index (χ2v) is 7.57. The zero-order valence-electron chi connectivity index (χ0n) is 17.6. The van der Waals surface area contributed by atoms with Crippen molar-refractivity contribution in [3.05, 3.63) is 54.1 Å². The molecule has 1 N–H and O–H groups in total. The molecule has 0 bridgehead atoms. The number of benzene rings is 2. The van der Waals surface area contributed by atoms with Crippen molar-refractivity contribution in [2.24, 2.45) is 5.92 Å². The number of hydrogen-bond donors (Lipinski definition) is 1. The van der Waals surface area contributed by atoms with Gasteiger partial charge in [-0.05, 0) is 50.2 Å². The molecule has 1 heterocycles. The average Bonchev–Trinajstić information content (AvgIpc) is 3.11. The first-order chi connectivity index (χ1) is 14.5. The first kappa shape index (κ1) is 22.3. The van der Waals surface area contributed by atoms with Crippen molar-refractivity contribution < 1.29 is 22.7 Å². The van der Waals surface area contributed by atoms with Crippen LogP contribution in [0.25, 0.3) is 17.1 Å². The van der Waals surface area contributed by atoms with Gasteiger partial charge >= 0.3 is 12.2 Å². The van der Waals surface area contributed by atoms with E-state index in [1.165, 1.54) is 16.8 Å². The van der Waals surface area contributed by atoms with E-state index >= 15 is 0 Å². The summed E-state index contributed by atoms with van der Waals surface area (Å²) in [6, 6.07) is 11.7. The van der Waals surface area contributed by atoms with E-state index in [4.69, 9.17) is 4.74 Å². The van der Waals surface area contributed by atoms with E-state index in [0.717, 1.165) is 12.1 Å². The molecule has 164 valence electrons. The molecule has 3 rings (SSSR count). The number of nitrogens with one attached hydrogen (secondary N) is 1. The summed E-state index contributed by atoms with van der Waals surface area (Å²) >= 11 is 0. The first-order valence-electron chi connectivity index (χ1n) is 9.77. The van der Waals surface area contributed by atoms with Crippen molar-refractivity contribution in [2.75, 3.05) is 5.32 Å². The number of alkyl halides is 3. The number of ether oxygens (including phenoxy) is 1. The standard InChI is InChI=1S/C22H23F3N4O2/c1-13(2)20(30)26-17-8-10-18(11-9-17)29-19(27-21(28-29)31-14(3)4)15-6-5-7-16(12-15)22(23,24)25/h5-14H,1-4H3,(H,26,30). The fraction of sp³-hybridized carbons (Fsp3) is 0.318. The van der Waals surface area contributed by atoms with Gasteiger partial charge in [-0.1, -0.05) is 26.0 Å². The largest absolute Gasteiger partial charge is 0.460 e. The molecule has 3 aromatic rings. The molecule has 2 aromatic carbocycles. The van der Waals surface area contributed by atoms with Crippen molar-refractivity contribution in [1.29, 1.82) is 0 Å². The number of carbonyl (C=O) groups is 1. The number of hydrogen-bond acceptors (Lipinski definition) is 4. The van der Waals surface area contributed by atoms with Gasteiger partial charge in [-0.2, -0.15) is 18.2 Å². The van der Waals surface area contributed by atoms with Gasteiger partial charge in [-0.3, -0.25) is 4.79 Å². The van der Waals surface area contributed by atoms with E-state index in [1.807, 2.05) is 0 Å². The predicted molar refractivity (Wildman–Crippen MR) is 111 cm³/mol. The lowest BCUT2D eigenvalue weighted by Crippen LogP contribution is -2.17. The van der Waals surface area contributed by atoms with Crippen molar-refractivity contribution in [3.63, 3.8) is 0 Å². The number of carbonyl (C=O) groups excluding carboxylic acids is 1. The zero-order valence-corrected chi connectivity index (χ0v) is 17.6. The quantitative estimate of drug-likeness (QED) is 0.571. The summed E-state index contributed by atoms with van der Waals surface area (Å²) in [5.74, 6) is -0.0789. The Kier molecular flexibility index (Phi) is 6.33. The monoisotopic (exact) mass is 432 g/mol. The molecule has 1 aromatic heterocycles.